The highest BCUT2D eigenvalue weighted by Gasteiger charge is 2.30. The lowest BCUT2D eigenvalue weighted by molar-refractivity contribution is -0.131. The molecule has 4 nitrogen and oxygen atoms in total. The number of likely N-dealkylation sites (tertiary alicyclic amines) is 1. The highest BCUT2D eigenvalue weighted by molar-refractivity contribution is 5.79. The summed E-state index contributed by atoms with van der Waals surface area (Å²) in [5, 5.41) is 0. The van der Waals surface area contributed by atoms with Gasteiger partial charge in [-0.15, -0.1) is 0 Å². The van der Waals surface area contributed by atoms with Crippen LogP contribution in [0.25, 0.3) is 0 Å². The van der Waals surface area contributed by atoms with E-state index in [-0.39, 0.29) is 11.9 Å². The maximum Gasteiger partial charge on any atom is 0.227 e. The summed E-state index contributed by atoms with van der Waals surface area (Å²) in [5.41, 5.74) is 1.97. The topological polar surface area (TPSA) is 42.4 Å². The SMILES string of the molecule is COc1cccc(CC(=O)N2CCC[C@@H]2c2ccccn2)c1. The number of hydrogen-bond acceptors (Lipinski definition) is 3. The van der Waals surface area contributed by atoms with Gasteiger partial charge in [0.2, 0.25) is 5.91 Å². The van der Waals surface area contributed by atoms with Gasteiger partial charge >= 0.3 is 0 Å². The van der Waals surface area contributed by atoms with Crippen LogP contribution in [0.2, 0.25) is 0 Å². The van der Waals surface area contributed by atoms with Crippen molar-refractivity contribution in [3.63, 3.8) is 0 Å². The zero-order chi connectivity index (χ0) is 15.4. The Labute approximate surface area is 130 Å². The molecule has 0 radical (unpaired) electrons. The molecule has 22 heavy (non-hydrogen) atoms. The van der Waals surface area contributed by atoms with E-state index in [1.807, 2.05) is 47.4 Å². The molecule has 1 aromatic heterocycles. The van der Waals surface area contributed by atoms with Crippen molar-refractivity contribution in [1.29, 1.82) is 0 Å². The molecule has 114 valence electrons. The fraction of sp³-hybridized carbons (Fsp3) is 0.333. The first-order valence-corrected chi connectivity index (χ1v) is 7.61. The van der Waals surface area contributed by atoms with Gasteiger partial charge in [0.05, 0.1) is 25.3 Å². The summed E-state index contributed by atoms with van der Waals surface area (Å²) in [7, 11) is 1.64. The summed E-state index contributed by atoms with van der Waals surface area (Å²) in [5.74, 6) is 0.939. The van der Waals surface area contributed by atoms with E-state index in [4.69, 9.17) is 4.74 Å². The first-order chi connectivity index (χ1) is 10.8. The van der Waals surface area contributed by atoms with Crippen LogP contribution in [0, 0.1) is 0 Å². The molecule has 3 rings (SSSR count). The normalized spacial score (nSPS) is 17.5. The number of hydrogen-bond donors (Lipinski definition) is 0. The number of ether oxygens (including phenoxy) is 1. The van der Waals surface area contributed by atoms with Crippen LogP contribution >= 0.6 is 0 Å². The zero-order valence-electron chi connectivity index (χ0n) is 12.7. The Morgan fingerprint density at radius 1 is 1.32 bits per heavy atom. The summed E-state index contributed by atoms with van der Waals surface area (Å²) in [6.45, 7) is 0.810. The van der Waals surface area contributed by atoms with Crippen LogP contribution in [0.5, 0.6) is 5.75 Å². The highest BCUT2D eigenvalue weighted by Crippen LogP contribution is 2.31. The molecule has 1 saturated heterocycles. The summed E-state index contributed by atoms with van der Waals surface area (Å²) in [4.78, 5) is 19.0. The smallest absolute Gasteiger partial charge is 0.227 e. The number of carbonyl (C=O) groups excluding carboxylic acids is 1. The van der Waals surface area contributed by atoms with Gasteiger partial charge in [0.1, 0.15) is 5.75 Å². The molecule has 2 heterocycles. The second-order valence-corrected chi connectivity index (χ2v) is 5.53. The lowest BCUT2D eigenvalue weighted by Gasteiger charge is -2.24. The molecule has 0 aliphatic carbocycles. The molecule has 1 aliphatic heterocycles. The summed E-state index contributed by atoms with van der Waals surface area (Å²) in [6.07, 6.45) is 4.21. The van der Waals surface area contributed by atoms with E-state index in [2.05, 4.69) is 4.98 Å². The third-order valence-electron chi connectivity index (χ3n) is 4.09. The predicted molar refractivity (Wildman–Crippen MR) is 84.6 cm³/mol. The Bertz CT molecular complexity index is 643. The highest BCUT2D eigenvalue weighted by atomic mass is 16.5. The van der Waals surface area contributed by atoms with Crippen molar-refractivity contribution >= 4 is 5.91 Å². The minimum Gasteiger partial charge on any atom is -0.497 e. The fourth-order valence-corrected chi connectivity index (χ4v) is 3.00. The van der Waals surface area contributed by atoms with Crippen molar-refractivity contribution in [2.24, 2.45) is 0 Å². The molecule has 1 amide bonds. The van der Waals surface area contributed by atoms with Gasteiger partial charge in [-0.2, -0.15) is 0 Å². The van der Waals surface area contributed by atoms with Crippen LogP contribution in [-0.4, -0.2) is 29.4 Å². The lowest BCUT2D eigenvalue weighted by atomic mass is 10.1. The summed E-state index contributed by atoms with van der Waals surface area (Å²) >= 11 is 0. The molecule has 2 aromatic rings. The molecular formula is C18H20N2O2. The van der Waals surface area contributed by atoms with E-state index in [1.165, 1.54) is 0 Å². The zero-order valence-corrected chi connectivity index (χ0v) is 12.7. The number of nitrogens with zero attached hydrogens (tertiary/aromatic N) is 2. The quantitative estimate of drug-likeness (QED) is 0.871. The van der Waals surface area contributed by atoms with E-state index >= 15 is 0 Å². The van der Waals surface area contributed by atoms with Crippen LogP contribution < -0.4 is 4.74 Å². The van der Waals surface area contributed by atoms with Crippen LogP contribution in [0.4, 0.5) is 0 Å². The van der Waals surface area contributed by atoms with Gasteiger partial charge in [0, 0.05) is 12.7 Å². The number of benzene rings is 1. The average molecular weight is 296 g/mol. The molecule has 0 N–H and O–H groups in total. The Morgan fingerprint density at radius 2 is 2.23 bits per heavy atom. The second kappa shape index (κ2) is 6.60. The van der Waals surface area contributed by atoms with Gasteiger partial charge in [0.15, 0.2) is 0 Å². The largest absolute Gasteiger partial charge is 0.497 e. The van der Waals surface area contributed by atoms with Crippen molar-refractivity contribution in [3.05, 3.63) is 59.9 Å². The summed E-state index contributed by atoms with van der Waals surface area (Å²) < 4.78 is 5.22. The van der Waals surface area contributed by atoms with E-state index in [1.54, 1.807) is 13.3 Å². The Morgan fingerprint density at radius 3 is 3.00 bits per heavy atom. The summed E-state index contributed by atoms with van der Waals surface area (Å²) in [6, 6.07) is 13.7. The Balaban J connectivity index is 1.73. The molecule has 1 fully saturated rings. The Kier molecular flexibility index (Phi) is 4.37. The monoisotopic (exact) mass is 296 g/mol. The first kappa shape index (κ1) is 14.6. The van der Waals surface area contributed by atoms with Gasteiger partial charge in [-0.25, -0.2) is 0 Å². The molecule has 1 atom stereocenters. The number of aromatic nitrogens is 1. The number of carbonyl (C=O) groups is 1. The van der Waals surface area contributed by atoms with Gasteiger partial charge < -0.3 is 9.64 Å². The molecular weight excluding hydrogens is 276 g/mol. The Hall–Kier alpha value is -2.36. The van der Waals surface area contributed by atoms with Crippen molar-refractivity contribution in [2.45, 2.75) is 25.3 Å². The average Bonchev–Trinajstić information content (AvgIpc) is 3.05. The van der Waals surface area contributed by atoms with E-state index in [9.17, 15) is 4.79 Å². The van der Waals surface area contributed by atoms with Crippen LogP contribution in [0.1, 0.15) is 30.1 Å². The first-order valence-electron chi connectivity index (χ1n) is 7.61. The minimum atomic E-state index is 0.110. The van der Waals surface area contributed by atoms with Gasteiger partial charge in [-0.3, -0.25) is 9.78 Å². The maximum absolute atomic E-state index is 12.7. The molecule has 4 heteroatoms. The molecule has 0 spiro atoms. The van der Waals surface area contributed by atoms with Gasteiger partial charge in [-0.1, -0.05) is 18.2 Å². The van der Waals surface area contributed by atoms with Crippen molar-refractivity contribution < 1.29 is 9.53 Å². The lowest BCUT2D eigenvalue weighted by Crippen LogP contribution is -2.32. The number of methoxy groups -OCH3 is 1. The van der Waals surface area contributed by atoms with Crippen molar-refractivity contribution in [2.75, 3.05) is 13.7 Å². The van der Waals surface area contributed by atoms with E-state index < -0.39 is 0 Å². The third-order valence-corrected chi connectivity index (χ3v) is 4.09. The van der Waals surface area contributed by atoms with Crippen molar-refractivity contribution in [1.82, 2.24) is 9.88 Å². The minimum absolute atomic E-state index is 0.110. The van der Waals surface area contributed by atoms with E-state index in [0.717, 1.165) is 36.4 Å². The predicted octanol–water partition coefficient (Wildman–Crippen LogP) is 3.00. The van der Waals surface area contributed by atoms with Crippen LogP contribution in [0.3, 0.4) is 0 Å². The molecule has 0 bridgehead atoms. The van der Waals surface area contributed by atoms with Gasteiger partial charge in [0.25, 0.3) is 0 Å². The molecule has 0 unspecified atom stereocenters. The van der Waals surface area contributed by atoms with Gasteiger partial charge in [-0.05, 0) is 42.7 Å². The van der Waals surface area contributed by atoms with Crippen LogP contribution in [0.15, 0.2) is 48.7 Å². The number of pyridine rings is 1. The second-order valence-electron chi connectivity index (χ2n) is 5.53. The molecule has 1 aromatic carbocycles. The molecule has 1 aliphatic rings. The number of amides is 1. The standard InChI is InChI=1S/C18H20N2O2/c1-22-15-7-4-6-14(12-15)13-18(21)20-11-5-9-17(20)16-8-2-3-10-19-16/h2-4,6-8,10,12,17H,5,9,11,13H2,1H3/t17-/m1/s1. The van der Waals surface area contributed by atoms with E-state index in [0.29, 0.717) is 6.42 Å². The maximum atomic E-state index is 12.7. The van der Waals surface area contributed by atoms with Crippen LogP contribution in [-0.2, 0) is 11.2 Å². The molecule has 0 saturated carbocycles. The fourth-order valence-electron chi connectivity index (χ4n) is 3.00. The third kappa shape index (κ3) is 3.11. The van der Waals surface area contributed by atoms with Crippen molar-refractivity contribution in [3.8, 4) is 5.75 Å². The number of rotatable bonds is 4.